The SMILES string of the molecule is CONC(CC(=O)c1ccccc1)C(=O)c1cccc(C(C)(C)C)c1. The number of carbonyl (C=O) groups is 2. The van der Waals surface area contributed by atoms with Gasteiger partial charge in [-0.25, -0.2) is 0 Å². The second kappa shape index (κ2) is 8.19. The molecule has 0 spiro atoms. The molecule has 1 unspecified atom stereocenters. The fourth-order valence-electron chi connectivity index (χ4n) is 2.60. The van der Waals surface area contributed by atoms with Crippen molar-refractivity contribution < 1.29 is 14.4 Å². The fraction of sp³-hybridized carbons (Fsp3) is 0.333. The van der Waals surface area contributed by atoms with Crippen molar-refractivity contribution in [3.05, 3.63) is 71.3 Å². The van der Waals surface area contributed by atoms with E-state index in [9.17, 15) is 9.59 Å². The maximum atomic E-state index is 12.9. The highest BCUT2D eigenvalue weighted by Crippen LogP contribution is 2.23. The van der Waals surface area contributed by atoms with E-state index in [0.717, 1.165) is 5.56 Å². The summed E-state index contributed by atoms with van der Waals surface area (Å²) in [5, 5.41) is 0. The number of nitrogens with one attached hydrogen (secondary N) is 1. The molecule has 0 aliphatic rings. The lowest BCUT2D eigenvalue weighted by Crippen LogP contribution is -2.38. The smallest absolute Gasteiger partial charge is 0.182 e. The first-order valence-electron chi connectivity index (χ1n) is 8.34. The Labute approximate surface area is 149 Å². The summed E-state index contributed by atoms with van der Waals surface area (Å²) in [4.78, 5) is 30.3. The lowest BCUT2D eigenvalue weighted by atomic mass is 9.85. The minimum atomic E-state index is -0.729. The summed E-state index contributed by atoms with van der Waals surface area (Å²) >= 11 is 0. The van der Waals surface area contributed by atoms with Crippen molar-refractivity contribution in [2.45, 2.75) is 38.6 Å². The molecule has 0 fully saturated rings. The van der Waals surface area contributed by atoms with Crippen molar-refractivity contribution in [2.24, 2.45) is 0 Å². The molecule has 0 aliphatic carbocycles. The quantitative estimate of drug-likeness (QED) is 0.613. The van der Waals surface area contributed by atoms with Gasteiger partial charge < -0.3 is 4.84 Å². The molecule has 0 aliphatic heterocycles. The molecule has 0 bridgehead atoms. The molecule has 2 aromatic carbocycles. The molecule has 1 N–H and O–H groups in total. The summed E-state index contributed by atoms with van der Waals surface area (Å²) in [5.74, 6) is -0.257. The number of hydrogen-bond donors (Lipinski definition) is 1. The van der Waals surface area contributed by atoms with Crippen LogP contribution < -0.4 is 5.48 Å². The molecular weight excluding hydrogens is 314 g/mol. The van der Waals surface area contributed by atoms with E-state index in [-0.39, 0.29) is 23.4 Å². The lowest BCUT2D eigenvalue weighted by molar-refractivity contribution is 0.0473. The van der Waals surface area contributed by atoms with Crippen LogP contribution in [0.5, 0.6) is 0 Å². The molecule has 132 valence electrons. The Morgan fingerprint density at radius 2 is 1.64 bits per heavy atom. The zero-order chi connectivity index (χ0) is 18.4. The van der Waals surface area contributed by atoms with Gasteiger partial charge in [0.25, 0.3) is 0 Å². The van der Waals surface area contributed by atoms with Gasteiger partial charge >= 0.3 is 0 Å². The Morgan fingerprint density at radius 3 is 2.24 bits per heavy atom. The summed E-state index contributed by atoms with van der Waals surface area (Å²) in [6.07, 6.45) is 0.0381. The van der Waals surface area contributed by atoms with Crippen molar-refractivity contribution in [1.82, 2.24) is 5.48 Å². The zero-order valence-electron chi connectivity index (χ0n) is 15.2. The molecule has 2 aromatic rings. The number of hydrogen-bond acceptors (Lipinski definition) is 4. The van der Waals surface area contributed by atoms with E-state index in [1.54, 1.807) is 30.3 Å². The third-order valence-electron chi connectivity index (χ3n) is 4.07. The second-order valence-corrected chi connectivity index (χ2v) is 7.06. The summed E-state index contributed by atoms with van der Waals surface area (Å²) in [6.45, 7) is 6.29. The summed E-state index contributed by atoms with van der Waals surface area (Å²) in [7, 11) is 1.44. The standard InChI is InChI=1S/C21H25NO3/c1-21(2,3)17-12-8-11-16(13-17)20(24)18(22-25-4)14-19(23)15-9-6-5-7-10-15/h5-13,18,22H,14H2,1-4H3. The highest BCUT2D eigenvalue weighted by Gasteiger charge is 2.25. The van der Waals surface area contributed by atoms with Gasteiger partial charge in [0, 0.05) is 17.5 Å². The van der Waals surface area contributed by atoms with Crippen LogP contribution in [0.4, 0.5) is 0 Å². The van der Waals surface area contributed by atoms with Crippen LogP contribution in [0.15, 0.2) is 54.6 Å². The normalized spacial score (nSPS) is 12.6. The van der Waals surface area contributed by atoms with Gasteiger partial charge in [-0.05, 0) is 17.0 Å². The lowest BCUT2D eigenvalue weighted by Gasteiger charge is -2.21. The summed E-state index contributed by atoms with van der Waals surface area (Å²) in [5.41, 5.74) is 4.84. The van der Waals surface area contributed by atoms with Gasteiger partial charge in [-0.15, -0.1) is 0 Å². The van der Waals surface area contributed by atoms with E-state index in [4.69, 9.17) is 4.84 Å². The van der Waals surface area contributed by atoms with E-state index < -0.39 is 6.04 Å². The van der Waals surface area contributed by atoms with Crippen LogP contribution >= 0.6 is 0 Å². The van der Waals surface area contributed by atoms with Crippen LogP contribution in [0.1, 0.15) is 53.5 Å². The van der Waals surface area contributed by atoms with E-state index in [1.807, 2.05) is 24.3 Å². The van der Waals surface area contributed by atoms with Crippen molar-refractivity contribution in [2.75, 3.05) is 7.11 Å². The average Bonchev–Trinajstić information content (AvgIpc) is 2.61. The Bertz CT molecular complexity index is 732. The predicted octanol–water partition coefficient (Wildman–Crippen LogP) is 3.96. The van der Waals surface area contributed by atoms with Crippen LogP contribution in [0.3, 0.4) is 0 Å². The minimum absolute atomic E-state index is 0.0381. The molecule has 0 amide bonds. The number of benzene rings is 2. The Morgan fingerprint density at radius 1 is 1.00 bits per heavy atom. The molecule has 4 nitrogen and oxygen atoms in total. The maximum Gasteiger partial charge on any atom is 0.182 e. The molecule has 2 rings (SSSR count). The molecule has 0 saturated heterocycles. The molecule has 0 heterocycles. The number of Topliss-reactive ketones (excluding diaryl/α,β-unsaturated/α-hetero) is 2. The van der Waals surface area contributed by atoms with Gasteiger partial charge in [-0.2, -0.15) is 5.48 Å². The molecular formula is C21H25NO3. The van der Waals surface area contributed by atoms with E-state index in [2.05, 4.69) is 26.3 Å². The first kappa shape index (κ1) is 19.0. The monoisotopic (exact) mass is 339 g/mol. The first-order chi connectivity index (χ1) is 11.8. The molecule has 0 saturated carbocycles. The van der Waals surface area contributed by atoms with Crippen LogP contribution in [0, 0.1) is 0 Å². The van der Waals surface area contributed by atoms with Gasteiger partial charge in [-0.1, -0.05) is 69.3 Å². The Balaban J connectivity index is 2.22. The van der Waals surface area contributed by atoms with Crippen molar-refractivity contribution in [3.63, 3.8) is 0 Å². The molecule has 0 radical (unpaired) electrons. The molecule has 1 atom stereocenters. The maximum absolute atomic E-state index is 12.9. The van der Waals surface area contributed by atoms with Crippen LogP contribution in [-0.2, 0) is 10.3 Å². The van der Waals surface area contributed by atoms with Gasteiger partial charge in [0.1, 0.15) is 6.04 Å². The highest BCUT2D eigenvalue weighted by molar-refractivity contribution is 6.05. The predicted molar refractivity (Wildman–Crippen MR) is 98.8 cm³/mol. The fourth-order valence-corrected chi connectivity index (χ4v) is 2.60. The number of rotatable bonds is 7. The Hall–Kier alpha value is -2.30. The average molecular weight is 339 g/mol. The van der Waals surface area contributed by atoms with E-state index in [0.29, 0.717) is 11.1 Å². The third-order valence-corrected chi connectivity index (χ3v) is 4.07. The topological polar surface area (TPSA) is 55.4 Å². The van der Waals surface area contributed by atoms with Crippen LogP contribution in [-0.4, -0.2) is 24.7 Å². The van der Waals surface area contributed by atoms with E-state index in [1.165, 1.54) is 7.11 Å². The van der Waals surface area contributed by atoms with E-state index >= 15 is 0 Å². The number of hydroxylamine groups is 1. The first-order valence-corrected chi connectivity index (χ1v) is 8.34. The zero-order valence-corrected chi connectivity index (χ0v) is 15.2. The minimum Gasteiger partial charge on any atom is -0.304 e. The summed E-state index contributed by atoms with van der Waals surface area (Å²) in [6, 6.07) is 15.8. The number of carbonyl (C=O) groups excluding carboxylic acids is 2. The van der Waals surface area contributed by atoms with Crippen LogP contribution in [0.2, 0.25) is 0 Å². The van der Waals surface area contributed by atoms with Gasteiger partial charge in [0.2, 0.25) is 0 Å². The van der Waals surface area contributed by atoms with Gasteiger partial charge in [-0.3, -0.25) is 9.59 Å². The highest BCUT2D eigenvalue weighted by atomic mass is 16.6. The van der Waals surface area contributed by atoms with Crippen LogP contribution in [0.25, 0.3) is 0 Å². The van der Waals surface area contributed by atoms with Crippen molar-refractivity contribution in [1.29, 1.82) is 0 Å². The van der Waals surface area contributed by atoms with Crippen molar-refractivity contribution in [3.8, 4) is 0 Å². The number of ketones is 2. The molecule has 0 aromatic heterocycles. The third kappa shape index (κ3) is 5.08. The largest absolute Gasteiger partial charge is 0.304 e. The summed E-state index contributed by atoms with van der Waals surface area (Å²) < 4.78 is 0. The molecule has 25 heavy (non-hydrogen) atoms. The Kier molecular flexibility index (Phi) is 6.23. The molecule has 4 heteroatoms. The second-order valence-electron chi connectivity index (χ2n) is 7.06. The van der Waals surface area contributed by atoms with Gasteiger partial charge in [0.05, 0.1) is 7.11 Å². The van der Waals surface area contributed by atoms with Crippen molar-refractivity contribution >= 4 is 11.6 Å². The van der Waals surface area contributed by atoms with Gasteiger partial charge in [0.15, 0.2) is 11.6 Å².